The van der Waals surface area contributed by atoms with Gasteiger partial charge in [0.1, 0.15) is 12.7 Å². The Morgan fingerprint density at radius 1 is 1.25 bits per heavy atom. The van der Waals surface area contributed by atoms with Gasteiger partial charge in [-0.3, -0.25) is 0 Å². The minimum Gasteiger partial charge on any atom is -0.488 e. The number of ether oxygens (including phenoxy) is 1. The number of hydrogen-bond acceptors (Lipinski definition) is 4. The lowest BCUT2D eigenvalue weighted by Crippen LogP contribution is -2.33. The van der Waals surface area contributed by atoms with Gasteiger partial charge in [0.15, 0.2) is 10.9 Å². The summed E-state index contributed by atoms with van der Waals surface area (Å²) in [5, 5.41) is 10.3. The zero-order chi connectivity index (χ0) is 14.4. The lowest BCUT2D eigenvalue weighted by atomic mass is 10.2. The second kappa shape index (κ2) is 7.12. The van der Waals surface area contributed by atoms with Crippen LogP contribution in [0.2, 0.25) is 5.15 Å². The Labute approximate surface area is 123 Å². The minimum atomic E-state index is -0.614. The first-order valence-corrected chi connectivity index (χ1v) is 6.72. The molecule has 0 saturated heterocycles. The van der Waals surface area contributed by atoms with Crippen molar-refractivity contribution in [3.63, 3.8) is 0 Å². The molecule has 4 nitrogen and oxygen atoms in total. The topological polar surface area (TPSA) is 45.6 Å². The van der Waals surface area contributed by atoms with Crippen molar-refractivity contribution in [1.82, 2.24) is 4.98 Å². The Morgan fingerprint density at radius 3 is 2.70 bits per heavy atom. The van der Waals surface area contributed by atoms with E-state index in [0.717, 1.165) is 5.69 Å². The zero-order valence-corrected chi connectivity index (χ0v) is 12.0. The molecule has 1 N–H and O–H groups in total. The van der Waals surface area contributed by atoms with E-state index in [1.807, 2.05) is 42.3 Å². The molecule has 0 radical (unpaired) electrons. The average Bonchev–Trinajstić information content (AvgIpc) is 2.47. The number of para-hydroxylation sites is 1. The fourth-order valence-electron chi connectivity index (χ4n) is 1.82. The van der Waals surface area contributed by atoms with Crippen LogP contribution in [0.25, 0.3) is 0 Å². The average molecular weight is 293 g/mol. The first-order valence-electron chi connectivity index (χ1n) is 6.34. The van der Waals surface area contributed by atoms with Crippen LogP contribution in [0.15, 0.2) is 48.7 Å². The molecule has 5 heteroatoms. The summed E-state index contributed by atoms with van der Waals surface area (Å²) < 4.78 is 5.46. The van der Waals surface area contributed by atoms with Crippen LogP contribution in [0, 0.1) is 0 Å². The number of aliphatic hydroxyl groups is 1. The zero-order valence-electron chi connectivity index (χ0n) is 11.2. The maximum atomic E-state index is 10.0. The standard InChI is InChI=1S/C15H17ClN2O2/c1-18(12-6-3-2-4-7-12)10-13(19)11-20-14-8-5-9-17-15(14)16/h2-9,13,19H,10-11H2,1H3. The smallest absolute Gasteiger partial charge is 0.171 e. The maximum Gasteiger partial charge on any atom is 0.171 e. The third kappa shape index (κ3) is 4.11. The molecule has 0 saturated carbocycles. The molecule has 0 spiro atoms. The van der Waals surface area contributed by atoms with Crippen LogP contribution in [0.4, 0.5) is 5.69 Å². The van der Waals surface area contributed by atoms with E-state index in [-0.39, 0.29) is 6.61 Å². The fourth-order valence-corrected chi connectivity index (χ4v) is 2.00. The molecule has 0 aliphatic rings. The highest BCUT2D eigenvalue weighted by Crippen LogP contribution is 2.20. The third-order valence-corrected chi connectivity index (χ3v) is 3.12. The predicted molar refractivity (Wildman–Crippen MR) is 80.5 cm³/mol. The first kappa shape index (κ1) is 14.6. The minimum absolute atomic E-state index is 0.169. The van der Waals surface area contributed by atoms with Crippen molar-refractivity contribution in [3.05, 3.63) is 53.8 Å². The van der Waals surface area contributed by atoms with Crippen molar-refractivity contribution in [2.24, 2.45) is 0 Å². The monoisotopic (exact) mass is 292 g/mol. The van der Waals surface area contributed by atoms with E-state index in [1.54, 1.807) is 18.3 Å². The molecule has 2 aromatic rings. The lowest BCUT2D eigenvalue weighted by molar-refractivity contribution is 0.113. The molecular weight excluding hydrogens is 276 g/mol. The molecule has 1 aromatic heterocycles. The highest BCUT2D eigenvalue weighted by molar-refractivity contribution is 6.30. The van der Waals surface area contributed by atoms with Crippen LogP contribution in [0.1, 0.15) is 0 Å². The molecule has 1 aromatic carbocycles. The van der Waals surface area contributed by atoms with E-state index < -0.39 is 6.10 Å². The van der Waals surface area contributed by atoms with Crippen LogP contribution in [0.3, 0.4) is 0 Å². The summed E-state index contributed by atoms with van der Waals surface area (Å²) in [5.74, 6) is 0.482. The first-order chi connectivity index (χ1) is 9.66. The van der Waals surface area contributed by atoms with E-state index >= 15 is 0 Å². The van der Waals surface area contributed by atoms with Gasteiger partial charge in [0.2, 0.25) is 0 Å². The molecule has 0 aliphatic carbocycles. The number of likely N-dealkylation sites (N-methyl/N-ethyl adjacent to an activating group) is 1. The summed E-state index contributed by atoms with van der Waals surface area (Å²) in [6.45, 7) is 0.643. The van der Waals surface area contributed by atoms with E-state index in [0.29, 0.717) is 17.4 Å². The van der Waals surface area contributed by atoms with Gasteiger partial charge in [-0.15, -0.1) is 0 Å². The summed E-state index contributed by atoms with van der Waals surface area (Å²) in [5.41, 5.74) is 1.05. The molecule has 0 aliphatic heterocycles. The van der Waals surface area contributed by atoms with Gasteiger partial charge in [0.25, 0.3) is 0 Å². The van der Waals surface area contributed by atoms with Gasteiger partial charge in [0, 0.05) is 25.5 Å². The number of benzene rings is 1. The Kier molecular flexibility index (Phi) is 5.21. The second-order valence-electron chi connectivity index (χ2n) is 4.47. The van der Waals surface area contributed by atoms with Crippen molar-refractivity contribution in [3.8, 4) is 5.75 Å². The van der Waals surface area contributed by atoms with Crippen molar-refractivity contribution >= 4 is 17.3 Å². The number of pyridine rings is 1. The highest BCUT2D eigenvalue weighted by atomic mass is 35.5. The molecule has 0 bridgehead atoms. The van der Waals surface area contributed by atoms with Crippen molar-refractivity contribution in [2.75, 3.05) is 25.1 Å². The van der Waals surface area contributed by atoms with E-state index in [4.69, 9.17) is 16.3 Å². The Bertz CT molecular complexity index is 536. The normalized spacial score (nSPS) is 11.9. The van der Waals surface area contributed by atoms with Gasteiger partial charge in [-0.2, -0.15) is 0 Å². The molecule has 0 fully saturated rings. The van der Waals surface area contributed by atoms with Crippen LogP contribution >= 0.6 is 11.6 Å². The van der Waals surface area contributed by atoms with E-state index in [9.17, 15) is 5.11 Å². The number of hydrogen-bond donors (Lipinski definition) is 1. The Balaban J connectivity index is 1.84. The van der Waals surface area contributed by atoms with Crippen LogP contribution in [-0.4, -0.2) is 36.4 Å². The highest BCUT2D eigenvalue weighted by Gasteiger charge is 2.11. The molecule has 1 unspecified atom stereocenters. The molecule has 1 atom stereocenters. The quantitative estimate of drug-likeness (QED) is 0.831. The molecule has 106 valence electrons. The number of aromatic nitrogens is 1. The van der Waals surface area contributed by atoms with Gasteiger partial charge in [-0.05, 0) is 24.3 Å². The largest absolute Gasteiger partial charge is 0.488 e. The summed E-state index contributed by atoms with van der Waals surface area (Å²) in [6.07, 6.45) is 0.978. The van der Waals surface area contributed by atoms with Crippen LogP contribution in [0.5, 0.6) is 5.75 Å². The van der Waals surface area contributed by atoms with Gasteiger partial charge >= 0.3 is 0 Å². The van der Waals surface area contributed by atoms with E-state index in [2.05, 4.69) is 4.98 Å². The number of halogens is 1. The number of anilines is 1. The maximum absolute atomic E-state index is 10.0. The number of nitrogens with zero attached hydrogens (tertiary/aromatic N) is 2. The SMILES string of the molecule is CN(CC(O)COc1cccnc1Cl)c1ccccc1. The number of aliphatic hydroxyl groups excluding tert-OH is 1. The molecule has 2 rings (SSSR count). The van der Waals surface area contributed by atoms with Gasteiger partial charge in [-0.25, -0.2) is 4.98 Å². The predicted octanol–water partition coefficient (Wildman–Crippen LogP) is 2.61. The van der Waals surface area contributed by atoms with Gasteiger partial charge in [0.05, 0.1) is 0 Å². The summed E-state index contributed by atoms with van der Waals surface area (Å²) in [7, 11) is 1.93. The van der Waals surface area contributed by atoms with Gasteiger partial charge < -0.3 is 14.7 Å². The third-order valence-electron chi connectivity index (χ3n) is 2.84. The molecule has 20 heavy (non-hydrogen) atoms. The van der Waals surface area contributed by atoms with Crippen molar-refractivity contribution in [1.29, 1.82) is 0 Å². The molecule has 0 amide bonds. The van der Waals surface area contributed by atoms with Crippen LogP contribution < -0.4 is 9.64 Å². The summed E-state index contributed by atoms with van der Waals surface area (Å²) in [6, 6.07) is 13.3. The lowest BCUT2D eigenvalue weighted by Gasteiger charge is -2.22. The number of rotatable bonds is 6. The summed E-state index contributed by atoms with van der Waals surface area (Å²) in [4.78, 5) is 5.89. The second-order valence-corrected chi connectivity index (χ2v) is 4.83. The molecular formula is C15H17ClN2O2. The van der Waals surface area contributed by atoms with Crippen LogP contribution in [-0.2, 0) is 0 Å². The van der Waals surface area contributed by atoms with Crippen molar-refractivity contribution in [2.45, 2.75) is 6.10 Å². The Hall–Kier alpha value is -1.78. The van der Waals surface area contributed by atoms with Gasteiger partial charge in [-0.1, -0.05) is 29.8 Å². The Morgan fingerprint density at radius 2 is 2.00 bits per heavy atom. The van der Waals surface area contributed by atoms with Crippen molar-refractivity contribution < 1.29 is 9.84 Å². The molecule has 1 heterocycles. The fraction of sp³-hybridized carbons (Fsp3) is 0.267. The summed E-state index contributed by atoms with van der Waals surface area (Å²) >= 11 is 5.88. The van der Waals surface area contributed by atoms with E-state index in [1.165, 1.54) is 0 Å².